The van der Waals surface area contributed by atoms with Crippen LogP contribution in [0.4, 0.5) is 5.82 Å². The third-order valence-electron chi connectivity index (χ3n) is 3.61. The molecule has 146 valence electrons. The Bertz CT molecular complexity index is 1010. The molecule has 2 N–H and O–H groups in total. The van der Waals surface area contributed by atoms with Crippen molar-refractivity contribution in [1.29, 1.82) is 0 Å². The van der Waals surface area contributed by atoms with Crippen molar-refractivity contribution in [2.45, 2.75) is 24.3 Å². The summed E-state index contributed by atoms with van der Waals surface area (Å²) in [6.07, 6.45) is 2.32. The van der Waals surface area contributed by atoms with Gasteiger partial charge in [-0.25, -0.2) is 21.8 Å². The monoisotopic (exact) mass is 411 g/mol. The van der Waals surface area contributed by atoms with Gasteiger partial charge in [-0.1, -0.05) is 18.2 Å². The van der Waals surface area contributed by atoms with Crippen LogP contribution in [-0.4, -0.2) is 45.8 Å². The second-order valence-electron chi connectivity index (χ2n) is 6.11. The molecule has 27 heavy (non-hydrogen) atoms. The smallest absolute Gasteiger partial charge is 0.243 e. The molecule has 10 heteroatoms. The maximum atomic E-state index is 12.6. The van der Waals surface area contributed by atoms with Gasteiger partial charge in [0.2, 0.25) is 15.9 Å². The lowest BCUT2D eigenvalue weighted by atomic mass is 10.2. The third kappa shape index (κ3) is 6.74. The molecule has 2 rings (SSSR count). The molecule has 0 saturated heterocycles. The lowest BCUT2D eigenvalue weighted by molar-refractivity contribution is -0.117. The highest BCUT2D eigenvalue weighted by Crippen LogP contribution is 2.12. The van der Waals surface area contributed by atoms with E-state index < -0.39 is 31.8 Å². The minimum Gasteiger partial charge on any atom is -0.309 e. The van der Waals surface area contributed by atoms with E-state index in [-0.39, 0.29) is 22.9 Å². The quantitative estimate of drug-likeness (QED) is 0.671. The van der Waals surface area contributed by atoms with E-state index in [4.69, 9.17) is 0 Å². The van der Waals surface area contributed by atoms with Crippen molar-refractivity contribution < 1.29 is 21.6 Å². The average molecular weight is 412 g/mol. The normalized spacial score (nSPS) is 13.1. The van der Waals surface area contributed by atoms with E-state index in [0.29, 0.717) is 0 Å². The molecule has 0 bridgehead atoms. The summed E-state index contributed by atoms with van der Waals surface area (Å²) in [6, 6.07) is 9.63. The van der Waals surface area contributed by atoms with E-state index in [2.05, 4.69) is 15.0 Å². The molecule has 0 radical (unpaired) electrons. The number of sulfonamides is 1. The van der Waals surface area contributed by atoms with Crippen molar-refractivity contribution in [2.24, 2.45) is 0 Å². The van der Waals surface area contributed by atoms with E-state index in [0.717, 1.165) is 11.8 Å². The van der Waals surface area contributed by atoms with Crippen molar-refractivity contribution in [3.8, 4) is 0 Å². The lowest BCUT2D eigenvalue weighted by Gasteiger charge is -2.18. The molecule has 0 saturated carbocycles. The fourth-order valence-electron chi connectivity index (χ4n) is 2.25. The van der Waals surface area contributed by atoms with Crippen molar-refractivity contribution >= 4 is 31.6 Å². The van der Waals surface area contributed by atoms with Gasteiger partial charge in [-0.05, 0) is 43.2 Å². The topological polar surface area (TPSA) is 122 Å². The molecule has 8 nitrogen and oxygen atoms in total. The molecule has 1 amide bonds. The molecule has 1 atom stereocenters. The summed E-state index contributed by atoms with van der Waals surface area (Å²) < 4.78 is 50.3. The number of sulfone groups is 1. The van der Waals surface area contributed by atoms with Crippen LogP contribution in [0.25, 0.3) is 0 Å². The molecule has 1 aromatic carbocycles. The molecule has 0 aliphatic heterocycles. The van der Waals surface area contributed by atoms with Crippen LogP contribution in [0, 0.1) is 6.92 Å². The van der Waals surface area contributed by atoms with Gasteiger partial charge in [0.1, 0.15) is 21.7 Å². The molecule has 2 aromatic rings. The van der Waals surface area contributed by atoms with E-state index in [1.807, 2.05) is 6.92 Å². The van der Waals surface area contributed by atoms with Gasteiger partial charge in [0, 0.05) is 12.5 Å². The first-order valence-electron chi connectivity index (χ1n) is 8.05. The van der Waals surface area contributed by atoms with Gasteiger partial charge in [-0.15, -0.1) is 0 Å². The van der Waals surface area contributed by atoms with Gasteiger partial charge in [0.15, 0.2) is 0 Å². The Morgan fingerprint density at radius 2 is 1.78 bits per heavy atom. The molecule has 1 heterocycles. The highest BCUT2D eigenvalue weighted by molar-refractivity contribution is 7.90. The van der Waals surface area contributed by atoms with Crippen LogP contribution in [0.1, 0.15) is 12.0 Å². The first kappa shape index (κ1) is 21.0. The van der Waals surface area contributed by atoms with Gasteiger partial charge >= 0.3 is 0 Å². The number of pyridine rings is 1. The molecule has 0 spiro atoms. The van der Waals surface area contributed by atoms with Crippen LogP contribution in [0.3, 0.4) is 0 Å². The van der Waals surface area contributed by atoms with Gasteiger partial charge in [-0.3, -0.25) is 4.79 Å². The molecule has 0 fully saturated rings. The molecule has 0 aliphatic rings. The van der Waals surface area contributed by atoms with Crippen LogP contribution in [0.5, 0.6) is 0 Å². The van der Waals surface area contributed by atoms with Gasteiger partial charge < -0.3 is 5.32 Å². The maximum absolute atomic E-state index is 12.6. The first-order valence-corrected chi connectivity index (χ1v) is 11.6. The lowest BCUT2D eigenvalue weighted by Crippen LogP contribution is -2.44. The number of hydrogen-bond acceptors (Lipinski definition) is 6. The number of nitrogens with one attached hydrogen (secondary N) is 2. The van der Waals surface area contributed by atoms with Gasteiger partial charge in [-0.2, -0.15) is 4.72 Å². The van der Waals surface area contributed by atoms with Crippen LogP contribution in [0.2, 0.25) is 0 Å². The van der Waals surface area contributed by atoms with Crippen molar-refractivity contribution in [1.82, 2.24) is 9.71 Å². The predicted octanol–water partition coefficient (Wildman–Crippen LogP) is 1.11. The van der Waals surface area contributed by atoms with Crippen LogP contribution in [0.15, 0.2) is 53.6 Å². The fraction of sp³-hybridized carbons (Fsp3) is 0.294. The predicted molar refractivity (Wildman–Crippen MR) is 102 cm³/mol. The first-order chi connectivity index (χ1) is 12.6. The summed E-state index contributed by atoms with van der Waals surface area (Å²) in [4.78, 5) is 16.6. The minimum atomic E-state index is -4.00. The fourth-order valence-corrected chi connectivity index (χ4v) is 4.16. The number of anilines is 1. The number of rotatable bonds is 8. The Labute approximate surface area is 159 Å². The molecule has 0 aliphatic carbocycles. The number of amides is 1. The molecule has 1 unspecified atom stereocenters. The van der Waals surface area contributed by atoms with Gasteiger partial charge in [0.25, 0.3) is 0 Å². The van der Waals surface area contributed by atoms with E-state index in [1.165, 1.54) is 18.3 Å². The second kappa shape index (κ2) is 8.59. The number of carbonyl (C=O) groups is 1. The zero-order chi connectivity index (χ0) is 20.1. The van der Waals surface area contributed by atoms with Crippen molar-refractivity contribution in [3.05, 3.63) is 54.2 Å². The average Bonchev–Trinajstić information content (AvgIpc) is 2.58. The molecular weight excluding hydrogens is 390 g/mol. The number of benzene rings is 1. The highest BCUT2D eigenvalue weighted by Gasteiger charge is 2.27. The Hall–Kier alpha value is -2.30. The van der Waals surface area contributed by atoms with Crippen molar-refractivity contribution in [2.75, 3.05) is 17.3 Å². The zero-order valence-corrected chi connectivity index (χ0v) is 16.5. The summed E-state index contributed by atoms with van der Waals surface area (Å²) in [5.41, 5.74) is 0.859. The number of nitrogens with zero attached hydrogens (tertiary/aromatic N) is 1. The largest absolute Gasteiger partial charge is 0.309 e. The van der Waals surface area contributed by atoms with Crippen LogP contribution >= 0.6 is 0 Å². The SMILES string of the molecule is Cc1ccnc(NC(=O)C(CCS(C)(=O)=O)NS(=O)(=O)c2ccccc2)c1. The standard InChI is InChI=1S/C17H21N3O5S2/c1-13-8-10-18-16(12-13)19-17(21)15(9-11-26(2,22)23)20-27(24,25)14-6-4-3-5-7-14/h3-8,10,12,15,20H,9,11H2,1-2H3,(H,18,19,21). The van der Waals surface area contributed by atoms with Crippen LogP contribution in [-0.2, 0) is 24.7 Å². The minimum absolute atomic E-state index is 0.0177. The number of aryl methyl sites for hydroxylation is 1. The summed E-state index contributed by atoms with van der Waals surface area (Å²) in [5.74, 6) is -0.775. The second-order valence-corrected chi connectivity index (χ2v) is 10.1. The Morgan fingerprint density at radius 1 is 1.11 bits per heavy atom. The Kier molecular flexibility index (Phi) is 6.68. The summed E-state index contributed by atoms with van der Waals surface area (Å²) in [7, 11) is -7.38. The van der Waals surface area contributed by atoms with E-state index in [9.17, 15) is 21.6 Å². The van der Waals surface area contributed by atoms with E-state index in [1.54, 1.807) is 30.3 Å². The third-order valence-corrected chi connectivity index (χ3v) is 6.08. The number of aromatic nitrogens is 1. The Balaban J connectivity index is 2.23. The van der Waals surface area contributed by atoms with Crippen molar-refractivity contribution in [3.63, 3.8) is 0 Å². The Morgan fingerprint density at radius 3 is 2.37 bits per heavy atom. The molecular formula is C17H21N3O5S2. The van der Waals surface area contributed by atoms with E-state index >= 15 is 0 Å². The number of hydrogen-bond donors (Lipinski definition) is 2. The number of carbonyl (C=O) groups excluding carboxylic acids is 1. The van der Waals surface area contributed by atoms with Crippen LogP contribution < -0.4 is 10.0 Å². The summed E-state index contributed by atoms with van der Waals surface area (Å²) >= 11 is 0. The maximum Gasteiger partial charge on any atom is 0.243 e. The highest BCUT2D eigenvalue weighted by atomic mass is 32.2. The van der Waals surface area contributed by atoms with Gasteiger partial charge in [0.05, 0.1) is 10.6 Å². The summed E-state index contributed by atoms with van der Waals surface area (Å²) in [5, 5.41) is 2.52. The molecule has 1 aromatic heterocycles. The summed E-state index contributed by atoms with van der Waals surface area (Å²) in [6.45, 7) is 1.82. The zero-order valence-electron chi connectivity index (χ0n) is 14.9.